The average Bonchev–Trinajstić information content (AvgIpc) is 3.30. The Morgan fingerprint density at radius 2 is 1.66 bits per heavy atom. The number of imidazole rings is 1. The predicted octanol–water partition coefficient (Wildman–Crippen LogP) is -0.335. The van der Waals surface area contributed by atoms with Crippen molar-refractivity contribution in [2.24, 2.45) is 0 Å². The summed E-state index contributed by atoms with van der Waals surface area (Å²) >= 11 is 0. The zero-order chi connectivity index (χ0) is 22.0. The second-order valence-corrected chi connectivity index (χ2v) is 7.32. The van der Waals surface area contributed by atoms with Gasteiger partial charge >= 0.3 is 18.9 Å². The largest absolute Gasteiger partial charge is 1.00 e. The SMILES string of the molecule is Cc1[c-]n(C(C)c2cn(C(=O)c3ccccc3)cn2)c(=O)n(Cc2ccccc2)c1=O.[Li+]. The maximum atomic E-state index is 13.1. The molecule has 4 rings (SSSR count). The first kappa shape index (κ1) is 23.3. The van der Waals surface area contributed by atoms with Crippen LogP contribution in [0.5, 0.6) is 0 Å². The van der Waals surface area contributed by atoms with E-state index in [9.17, 15) is 14.4 Å². The van der Waals surface area contributed by atoms with Crippen LogP contribution in [0.1, 0.15) is 40.1 Å². The Balaban J connectivity index is 0.00000289. The van der Waals surface area contributed by atoms with Crippen LogP contribution in [0.2, 0.25) is 0 Å². The summed E-state index contributed by atoms with van der Waals surface area (Å²) in [6.45, 7) is 3.58. The van der Waals surface area contributed by atoms with E-state index in [1.54, 1.807) is 44.3 Å². The number of nitrogens with zero attached hydrogens (tertiary/aromatic N) is 4. The first-order chi connectivity index (χ1) is 15.0. The summed E-state index contributed by atoms with van der Waals surface area (Å²) in [4.78, 5) is 42.7. The van der Waals surface area contributed by atoms with Crippen LogP contribution in [0.25, 0.3) is 0 Å². The molecule has 0 aliphatic heterocycles. The summed E-state index contributed by atoms with van der Waals surface area (Å²) in [7, 11) is 0. The summed E-state index contributed by atoms with van der Waals surface area (Å²) in [5, 5.41) is 0. The van der Waals surface area contributed by atoms with Crippen LogP contribution >= 0.6 is 0 Å². The number of hydrogen-bond acceptors (Lipinski definition) is 4. The molecule has 0 N–H and O–H groups in total. The second kappa shape index (κ2) is 9.82. The summed E-state index contributed by atoms with van der Waals surface area (Å²) in [6.07, 6.45) is 5.90. The van der Waals surface area contributed by atoms with Crippen molar-refractivity contribution < 1.29 is 23.7 Å². The number of hydrogen-bond donors (Lipinski definition) is 0. The standard InChI is InChI=1S/C24H21N4O3.Li/c1-17-13-27(24(31)28(22(17)29)14-19-9-5-3-6-10-19)18(2)21-15-26(16-25-21)23(30)20-11-7-4-8-12-20;/h3-12,15-16,18H,14H2,1-2H3;/q-1;+1. The second-order valence-electron chi connectivity index (χ2n) is 7.32. The molecule has 2 heterocycles. The Morgan fingerprint density at radius 1 is 1.03 bits per heavy atom. The minimum Gasteiger partial charge on any atom is -0.401 e. The number of rotatable bonds is 5. The molecule has 0 bridgehead atoms. The normalized spacial score (nSPS) is 11.6. The van der Waals surface area contributed by atoms with Gasteiger partial charge in [-0.25, -0.2) is 4.98 Å². The van der Waals surface area contributed by atoms with Gasteiger partial charge in [-0.1, -0.05) is 67.2 Å². The van der Waals surface area contributed by atoms with Crippen LogP contribution in [-0.2, 0) is 6.54 Å². The van der Waals surface area contributed by atoms with Gasteiger partial charge in [-0.2, -0.15) is 0 Å². The fourth-order valence-electron chi connectivity index (χ4n) is 3.39. The fraction of sp³-hybridized carbons (Fsp3) is 0.167. The van der Waals surface area contributed by atoms with Crippen molar-refractivity contribution in [2.75, 3.05) is 0 Å². The van der Waals surface area contributed by atoms with E-state index in [4.69, 9.17) is 0 Å². The monoisotopic (exact) mass is 420 g/mol. The molecule has 0 aliphatic rings. The van der Waals surface area contributed by atoms with Crippen molar-refractivity contribution in [3.8, 4) is 0 Å². The van der Waals surface area contributed by atoms with Crippen LogP contribution in [0.4, 0.5) is 0 Å². The minimum absolute atomic E-state index is 0. The van der Waals surface area contributed by atoms with E-state index in [1.165, 1.54) is 20.0 Å². The molecular weight excluding hydrogens is 399 g/mol. The van der Waals surface area contributed by atoms with Gasteiger partial charge in [0.2, 0.25) is 5.69 Å². The predicted molar refractivity (Wildman–Crippen MR) is 116 cm³/mol. The molecule has 4 aromatic rings. The van der Waals surface area contributed by atoms with Crippen molar-refractivity contribution in [3.63, 3.8) is 0 Å². The van der Waals surface area contributed by atoms with Crippen LogP contribution < -0.4 is 30.1 Å². The van der Waals surface area contributed by atoms with Crippen LogP contribution in [0, 0.1) is 13.1 Å². The van der Waals surface area contributed by atoms with E-state index in [1.807, 2.05) is 36.4 Å². The molecule has 7 nitrogen and oxygen atoms in total. The maximum Gasteiger partial charge on any atom is 1.00 e. The molecule has 0 aliphatic carbocycles. The van der Waals surface area contributed by atoms with Gasteiger partial charge in [-0.05, 0) is 24.6 Å². The van der Waals surface area contributed by atoms with Crippen LogP contribution in [0.15, 0.2) is 82.8 Å². The quantitative estimate of drug-likeness (QED) is 0.327. The van der Waals surface area contributed by atoms with Crippen LogP contribution in [0.3, 0.4) is 0 Å². The van der Waals surface area contributed by atoms with Gasteiger partial charge in [0.15, 0.2) is 0 Å². The van der Waals surface area contributed by atoms with Crippen molar-refractivity contribution in [3.05, 3.63) is 123 Å². The zero-order valence-corrected chi connectivity index (χ0v) is 18.2. The maximum absolute atomic E-state index is 13.1. The Labute approximate surface area is 197 Å². The number of benzene rings is 2. The van der Waals surface area contributed by atoms with Gasteiger partial charge < -0.3 is 18.7 Å². The Bertz CT molecular complexity index is 1340. The topological polar surface area (TPSA) is 78.9 Å². The van der Waals surface area contributed by atoms with Gasteiger partial charge in [-0.15, -0.1) is 0 Å². The molecule has 8 heteroatoms. The number of carbonyl (C=O) groups excluding carboxylic acids is 1. The summed E-state index contributed by atoms with van der Waals surface area (Å²) < 4.78 is 3.95. The third-order valence-corrected chi connectivity index (χ3v) is 5.15. The molecule has 0 saturated carbocycles. The Morgan fingerprint density at radius 3 is 2.31 bits per heavy atom. The van der Waals surface area contributed by atoms with Gasteiger partial charge in [0, 0.05) is 18.3 Å². The van der Waals surface area contributed by atoms with E-state index in [0.717, 1.165) is 5.56 Å². The number of carbonyl (C=O) groups is 1. The third kappa shape index (κ3) is 4.59. The first-order valence-corrected chi connectivity index (χ1v) is 9.88. The molecular formula is C24H21LiN4O3. The van der Waals surface area contributed by atoms with E-state index in [2.05, 4.69) is 11.2 Å². The van der Waals surface area contributed by atoms with Gasteiger partial charge in [0.1, 0.15) is 11.9 Å². The van der Waals surface area contributed by atoms with Crippen molar-refractivity contribution in [2.45, 2.75) is 26.4 Å². The molecule has 156 valence electrons. The molecule has 2 aromatic carbocycles. The van der Waals surface area contributed by atoms with Crippen LogP contribution in [-0.4, -0.2) is 24.6 Å². The fourth-order valence-corrected chi connectivity index (χ4v) is 3.39. The zero-order valence-electron chi connectivity index (χ0n) is 18.2. The summed E-state index contributed by atoms with van der Waals surface area (Å²) in [5.74, 6) is -0.215. The smallest absolute Gasteiger partial charge is 0.401 e. The summed E-state index contributed by atoms with van der Waals surface area (Å²) in [6, 6.07) is 17.7. The van der Waals surface area contributed by atoms with Gasteiger partial charge in [0.05, 0.1) is 11.7 Å². The number of aryl methyl sites for hydroxylation is 1. The van der Waals surface area contributed by atoms with Crippen molar-refractivity contribution in [1.29, 1.82) is 0 Å². The first-order valence-electron chi connectivity index (χ1n) is 9.88. The third-order valence-electron chi connectivity index (χ3n) is 5.15. The molecule has 0 spiro atoms. The van der Waals surface area contributed by atoms with E-state index in [0.29, 0.717) is 16.8 Å². The molecule has 1 atom stereocenters. The van der Waals surface area contributed by atoms with Gasteiger partial charge in [0.25, 0.3) is 5.91 Å². The van der Waals surface area contributed by atoms with E-state index in [-0.39, 0.29) is 36.9 Å². The van der Waals surface area contributed by atoms with Gasteiger partial charge in [-0.3, -0.25) is 9.36 Å². The van der Waals surface area contributed by atoms with Crippen molar-refractivity contribution >= 4 is 5.91 Å². The van der Waals surface area contributed by atoms with E-state index < -0.39 is 11.7 Å². The Kier molecular flexibility index (Phi) is 7.14. The summed E-state index contributed by atoms with van der Waals surface area (Å²) in [5.41, 5.74) is 1.39. The minimum atomic E-state index is -0.515. The Hall–Kier alpha value is -3.40. The molecule has 1 unspecified atom stereocenters. The molecule has 0 radical (unpaired) electrons. The van der Waals surface area contributed by atoms with E-state index >= 15 is 0 Å². The molecule has 32 heavy (non-hydrogen) atoms. The average molecular weight is 420 g/mol. The van der Waals surface area contributed by atoms with Crippen molar-refractivity contribution in [1.82, 2.24) is 18.7 Å². The molecule has 2 aromatic heterocycles. The molecule has 0 amide bonds. The number of aromatic nitrogens is 4. The molecule has 0 saturated heterocycles. The molecule has 0 fully saturated rings.